The second-order valence-corrected chi connectivity index (χ2v) is 15.9. The molecule has 13 rings (SSSR count). The summed E-state index contributed by atoms with van der Waals surface area (Å²) in [6, 6.07) is 70.3. The highest BCUT2D eigenvalue weighted by atomic mass is 16.3. The second-order valence-electron chi connectivity index (χ2n) is 15.9. The molecule has 0 radical (unpaired) electrons. The lowest BCUT2D eigenvalue weighted by Gasteiger charge is -2.15. The van der Waals surface area contributed by atoms with Gasteiger partial charge in [0.25, 0.3) is 0 Å². The van der Waals surface area contributed by atoms with Crippen molar-refractivity contribution in [1.29, 1.82) is 0 Å². The van der Waals surface area contributed by atoms with E-state index in [4.69, 9.17) is 19.4 Å². The largest absolute Gasteiger partial charge is 0.456 e. The molecule has 5 heteroatoms. The van der Waals surface area contributed by atoms with E-state index in [1.807, 2.05) is 72.8 Å². The molecule has 0 bridgehead atoms. The smallest absolute Gasteiger partial charge is 0.164 e. The van der Waals surface area contributed by atoms with E-state index in [1.165, 1.54) is 60.4 Å². The summed E-state index contributed by atoms with van der Waals surface area (Å²) in [6.45, 7) is 0. The molecule has 5 nitrogen and oxygen atoms in total. The summed E-state index contributed by atoms with van der Waals surface area (Å²) < 4.78 is 9.19. The summed E-state index contributed by atoms with van der Waals surface area (Å²) in [5, 5.41) is 7.00. The number of para-hydroxylation sites is 2. The van der Waals surface area contributed by atoms with Crippen LogP contribution in [0.1, 0.15) is 16.7 Å². The fourth-order valence-corrected chi connectivity index (χ4v) is 9.74. The Hall–Kier alpha value is -8.41. The van der Waals surface area contributed by atoms with E-state index in [0.29, 0.717) is 17.5 Å². The Labute approximate surface area is 356 Å². The number of fused-ring (bicyclic) bond motifs is 13. The molecule has 62 heavy (non-hydrogen) atoms. The van der Waals surface area contributed by atoms with Crippen molar-refractivity contribution >= 4 is 66.2 Å². The van der Waals surface area contributed by atoms with Gasteiger partial charge in [-0.15, -0.1) is 0 Å². The van der Waals surface area contributed by atoms with Crippen LogP contribution in [0.25, 0.3) is 117 Å². The predicted molar refractivity (Wildman–Crippen MR) is 254 cm³/mol. The molecule has 1 aliphatic carbocycles. The molecular weight excluding hydrogens is 757 g/mol. The highest BCUT2D eigenvalue weighted by Gasteiger charge is 2.31. The number of aromatic nitrogens is 4. The first-order valence-electron chi connectivity index (χ1n) is 20.9. The third-order valence-corrected chi connectivity index (χ3v) is 12.4. The molecule has 3 heterocycles. The van der Waals surface area contributed by atoms with E-state index in [9.17, 15) is 0 Å². The van der Waals surface area contributed by atoms with E-state index in [0.717, 1.165) is 49.9 Å². The molecule has 0 N–H and O–H groups in total. The Balaban J connectivity index is 1.04. The number of rotatable bonds is 5. The van der Waals surface area contributed by atoms with Crippen molar-refractivity contribution in [2.45, 2.75) is 0 Å². The Morgan fingerprint density at radius 2 is 1.00 bits per heavy atom. The van der Waals surface area contributed by atoms with E-state index in [-0.39, 0.29) is 0 Å². The Kier molecular flexibility index (Phi) is 7.54. The van der Waals surface area contributed by atoms with Crippen LogP contribution >= 0.6 is 0 Å². The maximum atomic E-state index is 6.73. The van der Waals surface area contributed by atoms with Crippen LogP contribution in [0.5, 0.6) is 0 Å². The van der Waals surface area contributed by atoms with Gasteiger partial charge in [-0.3, -0.25) is 0 Å². The highest BCUT2D eigenvalue weighted by Crippen LogP contribution is 2.54. The number of furan rings is 1. The van der Waals surface area contributed by atoms with Gasteiger partial charge >= 0.3 is 0 Å². The van der Waals surface area contributed by atoms with E-state index in [1.54, 1.807) is 0 Å². The zero-order chi connectivity index (χ0) is 40.7. The molecule has 9 aromatic carbocycles. The number of benzene rings is 9. The van der Waals surface area contributed by atoms with Crippen molar-refractivity contribution in [3.63, 3.8) is 0 Å². The van der Waals surface area contributed by atoms with Crippen molar-refractivity contribution in [3.8, 4) is 51.0 Å². The first-order valence-corrected chi connectivity index (χ1v) is 20.9. The fraction of sp³-hybridized carbons (Fsp3) is 0. The Morgan fingerprint density at radius 3 is 1.74 bits per heavy atom. The van der Waals surface area contributed by atoms with Crippen molar-refractivity contribution in [2.24, 2.45) is 0 Å². The van der Waals surface area contributed by atoms with Crippen molar-refractivity contribution in [1.82, 2.24) is 19.5 Å². The minimum atomic E-state index is 0.599. The minimum Gasteiger partial charge on any atom is -0.456 e. The van der Waals surface area contributed by atoms with E-state index in [2.05, 4.69) is 138 Å². The van der Waals surface area contributed by atoms with Gasteiger partial charge in [0.15, 0.2) is 17.5 Å². The van der Waals surface area contributed by atoms with Crippen molar-refractivity contribution in [2.75, 3.05) is 0 Å². The second kappa shape index (κ2) is 13.6. The summed E-state index contributed by atoms with van der Waals surface area (Å²) in [5.74, 6) is 1.85. The molecular formula is C57H34N4O. The van der Waals surface area contributed by atoms with E-state index >= 15 is 0 Å². The van der Waals surface area contributed by atoms with E-state index < -0.39 is 0 Å². The quantitative estimate of drug-likeness (QED) is 0.174. The average molecular weight is 791 g/mol. The number of nitrogens with zero attached hydrogens (tertiary/aromatic N) is 4. The van der Waals surface area contributed by atoms with Crippen LogP contribution in [0.15, 0.2) is 205 Å². The lowest BCUT2D eigenvalue weighted by atomic mass is 9.92. The first kappa shape index (κ1) is 34.5. The molecule has 288 valence electrons. The molecule has 12 aromatic rings. The van der Waals surface area contributed by atoms with Gasteiger partial charge in [-0.25, -0.2) is 15.0 Å². The Morgan fingerprint density at radius 1 is 0.403 bits per heavy atom. The lowest BCUT2D eigenvalue weighted by Crippen LogP contribution is -2.00. The zero-order valence-electron chi connectivity index (χ0n) is 33.3. The van der Waals surface area contributed by atoms with Crippen molar-refractivity contribution < 1.29 is 4.42 Å². The van der Waals surface area contributed by atoms with Gasteiger partial charge in [-0.1, -0.05) is 164 Å². The van der Waals surface area contributed by atoms with Crippen LogP contribution in [0, 0.1) is 0 Å². The molecule has 0 spiro atoms. The van der Waals surface area contributed by atoms with Gasteiger partial charge in [0.2, 0.25) is 0 Å². The SMILES string of the molecule is C(=C1/c2ccccc2-c2c1c1c(c3ccccc23)c2ccccc2n1-c1ccccc1)/c1ccc2c(c1)oc1cccc(-c3nc(-c4ccccc4)nc(-c4ccccc4)n3)c12. The van der Waals surface area contributed by atoms with Crippen LogP contribution in [-0.4, -0.2) is 19.5 Å². The maximum Gasteiger partial charge on any atom is 0.164 e. The Bertz CT molecular complexity index is 3730. The van der Waals surface area contributed by atoms with Gasteiger partial charge in [0.05, 0.1) is 11.0 Å². The summed E-state index contributed by atoms with van der Waals surface area (Å²) >= 11 is 0. The molecule has 0 amide bonds. The average Bonchev–Trinajstić information content (AvgIpc) is 4.00. The van der Waals surface area contributed by atoms with Crippen LogP contribution in [-0.2, 0) is 0 Å². The maximum absolute atomic E-state index is 6.73. The summed E-state index contributed by atoms with van der Waals surface area (Å²) in [7, 11) is 0. The van der Waals surface area contributed by atoms with Gasteiger partial charge < -0.3 is 8.98 Å². The first-order chi connectivity index (χ1) is 30.8. The summed E-state index contributed by atoms with van der Waals surface area (Å²) in [4.78, 5) is 15.1. The zero-order valence-corrected chi connectivity index (χ0v) is 33.3. The molecule has 3 aromatic heterocycles. The normalized spacial score (nSPS) is 12.9. The number of hydrogen-bond acceptors (Lipinski definition) is 4. The highest BCUT2D eigenvalue weighted by molar-refractivity contribution is 6.31. The van der Waals surface area contributed by atoms with Crippen LogP contribution in [0.2, 0.25) is 0 Å². The topological polar surface area (TPSA) is 56.7 Å². The van der Waals surface area contributed by atoms with Gasteiger partial charge in [0, 0.05) is 55.0 Å². The van der Waals surface area contributed by atoms with Gasteiger partial charge in [-0.05, 0) is 75.5 Å². The number of hydrogen-bond donors (Lipinski definition) is 0. The molecule has 0 atom stereocenters. The summed E-state index contributed by atoms with van der Waals surface area (Å²) in [6.07, 6.45) is 2.35. The van der Waals surface area contributed by atoms with Crippen LogP contribution < -0.4 is 0 Å². The lowest BCUT2D eigenvalue weighted by molar-refractivity contribution is 0.669. The van der Waals surface area contributed by atoms with Crippen LogP contribution in [0.3, 0.4) is 0 Å². The standard InChI is InChI=1S/C57H34N4O/c1-4-17-36(18-5-1)55-58-56(37-19-6-2-7-20-37)60-57(59-55)45-28-16-30-48-50(45)44-32-31-35(34-49(44)62-48)33-46-39-23-10-11-24-40(39)51-41-25-12-13-26-42(41)52-43-27-14-15-29-47(43)61(54(52)53(46)51)38-21-8-3-9-22-38/h1-34H/b46-33+. The molecule has 0 unspecified atom stereocenters. The predicted octanol–water partition coefficient (Wildman–Crippen LogP) is 14.6. The fourth-order valence-electron chi connectivity index (χ4n) is 9.74. The molecule has 0 aliphatic heterocycles. The molecule has 0 saturated carbocycles. The van der Waals surface area contributed by atoms with Gasteiger partial charge in [0.1, 0.15) is 11.2 Å². The molecule has 1 aliphatic rings. The monoisotopic (exact) mass is 790 g/mol. The minimum absolute atomic E-state index is 0.599. The van der Waals surface area contributed by atoms with Crippen LogP contribution in [0.4, 0.5) is 0 Å². The third-order valence-electron chi connectivity index (χ3n) is 12.4. The molecule has 0 saturated heterocycles. The molecule has 0 fully saturated rings. The summed E-state index contributed by atoms with van der Waals surface area (Å²) in [5.41, 5.74) is 15.1. The van der Waals surface area contributed by atoms with Crippen molar-refractivity contribution in [3.05, 3.63) is 217 Å². The third kappa shape index (κ3) is 5.18. The van der Waals surface area contributed by atoms with Gasteiger partial charge in [-0.2, -0.15) is 0 Å².